The summed E-state index contributed by atoms with van der Waals surface area (Å²) >= 11 is -2.45. The van der Waals surface area contributed by atoms with Crippen LogP contribution in [0.4, 0.5) is 0 Å². The summed E-state index contributed by atoms with van der Waals surface area (Å²) in [6.45, 7) is 15.9. The van der Waals surface area contributed by atoms with E-state index in [0.29, 0.717) is 6.73 Å². The van der Waals surface area contributed by atoms with Gasteiger partial charge in [0, 0.05) is 0 Å². The predicted octanol–water partition coefficient (Wildman–Crippen LogP) is 6.25. The van der Waals surface area contributed by atoms with Crippen LogP contribution in [0, 0.1) is 0 Å². The normalized spacial score (nSPS) is 12.7. The van der Waals surface area contributed by atoms with E-state index in [1.165, 1.54) is 61.7 Å². The Hall–Kier alpha value is 0.186. The molecule has 0 N–H and O–H groups in total. The molecular formula is C21H44N2OSiSn. The number of imidazole rings is 1. The Morgan fingerprint density at radius 1 is 0.962 bits per heavy atom. The summed E-state index contributed by atoms with van der Waals surface area (Å²) in [6, 6.07) is 1.24. The van der Waals surface area contributed by atoms with Crippen molar-refractivity contribution < 1.29 is 4.74 Å². The van der Waals surface area contributed by atoms with E-state index >= 15 is 0 Å². The zero-order chi connectivity index (χ0) is 19.5. The van der Waals surface area contributed by atoms with Crippen LogP contribution in [-0.2, 0) is 11.5 Å². The van der Waals surface area contributed by atoms with E-state index in [0.717, 1.165) is 6.61 Å². The van der Waals surface area contributed by atoms with E-state index in [1.807, 2.05) is 6.20 Å². The van der Waals surface area contributed by atoms with Gasteiger partial charge in [0.05, 0.1) is 0 Å². The van der Waals surface area contributed by atoms with Crippen LogP contribution in [0.2, 0.25) is 39.0 Å². The van der Waals surface area contributed by atoms with Gasteiger partial charge in [-0.25, -0.2) is 0 Å². The third kappa shape index (κ3) is 8.47. The molecule has 1 aromatic rings. The summed E-state index contributed by atoms with van der Waals surface area (Å²) in [4.78, 5) is 4.96. The predicted molar refractivity (Wildman–Crippen MR) is 121 cm³/mol. The van der Waals surface area contributed by atoms with Crippen molar-refractivity contribution in [2.45, 2.75) is 105 Å². The van der Waals surface area contributed by atoms with Gasteiger partial charge in [0.2, 0.25) is 0 Å². The van der Waals surface area contributed by atoms with Gasteiger partial charge in [-0.3, -0.25) is 0 Å². The van der Waals surface area contributed by atoms with Crippen LogP contribution in [0.1, 0.15) is 59.3 Å². The Morgan fingerprint density at radius 2 is 1.50 bits per heavy atom. The summed E-state index contributed by atoms with van der Waals surface area (Å²) in [7, 11) is -1.02. The van der Waals surface area contributed by atoms with Crippen LogP contribution in [-0.4, -0.2) is 42.6 Å². The Balaban J connectivity index is 2.92. The molecule has 1 rings (SSSR count). The number of ether oxygens (including phenoxy) is 1. The van der Waals surface area contributed by atoms with E-state index in [4.69, 9.17) is 9.72 Å². The summed E-state index contributed by atoms with van der Waals surface area (Å²) in [5, 5.41) is 0. The Kier molecular flexibility index (Phi) is 11.7. The van der Waals surface area contributed by atoms with Crippen molar-refractivity contribution in [3.05, 3.63) is 12.4 Å². The molecule has 0 fully saturated rings. The molecule has 152 valence electrons. The first-order valence-electron chi connectivity index (χ1n) is 11.0. The maximum absolute atomic E-state index is 6.09. The fourth-order valence-electron chi connectivity index (χ4n) is 3.67. The number of aromatic nitrogens is 2. The number of rotatable bonds is 15. The van der Waals surface area contributed by atoms with Crippen molar-refractivity contribution in [1.82, 2.24) is 9.55 Å². The molecule has 3 nitrogen and oxygen atoms in total. The molecule has 0 bridgehead atoms. The number of nitrogens with zero attached hydrogens (tertiary/aromatic N) is 2. The molecule has 0 spiro atoms. The fraction of sp³-hybridized carbons (Fsp3) is 0.857. The molecule has 26 heavy (non-hydrogen) atoms. The minimum absolute atomic E-state index is 0.711. The van der Waals surface area contributed by atoms with Gasteiger partial charge >= 0.3 is 169 Å². The van der Waals surface area contributed by atoms with Gasteiger partial charge in [-0.15, -0.1) is 0 Å². The van der Waals surface area contributed by atoms with Gasteiger partial charge in [0.15, 0.2) is 0 Å². The zero-order valence-corrected chi connectivity index (χ0v) is 22.3. The van der Waals surface area contributed by atoms with Gasteiger partial charge < -0.3 is 0 Å². The standard InChI is InChI=1S/C9H17N2OSi.3C4H9.Sn/c1-13(2,3)7-6-12-9-11-5-4-10-8-11;3*1-3-4-2;/h4-5H,6-7,9H2,1-3H3;3*1,3-4H2,2H3;. The molecule has 0 amide bonds. The average Bonchev–Trinajstić information content (AvgIpc) is 3.07. The van der Waals surface area contributed by atoms with Crippen molar-refractivity contribution in [3.63, 3.8) is 0 Å². The Labute approximate surface area is 168 Å². The van der Waals surface area contributed by atoms with Crippen molar-refractivity contribution in [3.8, 4) is 0 Å². The van der Waals surface area contributed by atoms with Gasteiger partial charge in [0.1, 0.15) is 0 Å². The van der Waals surface area contributed by atoms with E-state index < -0.39 is 26.5 Å². The molecular weight excluding hydrogens is 443 g/mol. The molecule has 0 aromatic carbocycles. The van der Waals surface area contributed by atoms with Crippen molar-refractivity contribution in [2.75, 3.05) is 6.61 Å². The monoisotopic (exact) mass is 488 g/mol. The topological polar surface area (TPSA) is 27.1 Å². The molecule has 0 saturated carbocycles. The summed E-state index contributed by atoms with van der Waals surface area (Å²) in [5.41, 5.74) is 0. The number of unbranched alkanes of at least 4 members (excludes halogenated alkanes) is 3. The van der Waals surface area contributed by atoms with Gasteiger partial charge in [0.25, 0.3) is 0 Å². The number of hydrogen-bond acceptors (Lipinski definition) is 2. The van der Waals surface area contributed by atoms with Gasteiger partial charge in [-0.1, -0.05) is 0 Å². The fourth-order valence-corrected chi connectivity index (χ4v) is 20.4. The zero-order valence-electron chi connectivity index (χ0n) is 18.4. The molecule has 5 heteroatoms. The van der Waals surface area contributed by atoms with Crippen molar-refractivity contribution >= 4 is 30.3 Å². The second-order valence-corrected chi connectivity index (χ2v) is 27.6. The molecule has 1 heterocycles. The first-order chi connectivity index (χ1) is 12.4. The van der Waals surface area contributed by atoms with Crippen LogP contribution >= 0.6 is 0 Å². The molecule has 0 saturated heterocycles. The SMILES string of the molecule is CCC[CH2][Sn]([CH2]CCC)([CH2]CCC)[c]1nccn1COCC[Si](C)(C)C. The minimum atomic E-state index is -2.45. The van der Waals surface area contributed by atoms with E-state index in [9.17, 15) is 0 Å². The second kappa shape index (κ2) is 12.6. The van der Waals surface area contributed by atoms with Gasteiger partial charge in [-0.2, -0.15) is 0 Å². The van der Waals surface area contributed by atoms with Crippen LogP contribution in [0.5, 0.6) is 0 Å². The van der Waals surface area contributed by atoms with Crippen LogP contribution in [0.15, 0.2) is 12.4 Å². The molecule has 0 aliphatic heterocycles. The summed E-state index contributed by atoms with van der Waals surface area (Å²) in [6.07, 6.45) is 12.3. The molecule has 0 radical (unpaired) electrons. The van der Waals surface area contributed by atoms with Crippen LogP contribution in [0.3, 0.4) is 0 Å². The van der Waals surface area contributed by atoms with Crippen molar-refractivity contribution in [1.29, 1.82) is 0 Å². The number of hydrogen-bond donors (Lipinski definition) is 0. The third-order valence-electron chi connectivity index (χ3n) is 5.44. The van der Waals surface area contributed by atoms with E-state index in [-0.39, 0.29) is 0 Å². The molecule has 0 aliphatic carbocycles. The quantitative estimate of drug-likeness (QED) is 0.216. The summed E-state index contributed by atoms with van der Waals surface area (Å²) in [5.74, 6) is 0. The first-order valence-corrected chi connectivity index (χ1v) is 22.2. The van der Waals surface area contributed by atoms with Crippen LogP contribution < -0.4 is 3.84 Å². The molecule has 0 atom stereocenters. The van der Waals surface area contributed by atoms with E-state index in [1.54, 1.807) is 0 Å². The molecule has 0 unspecified atom stereocenters. The molecule has 0 aliphatic rings. The second-order valence-electron chi connectivity index (χ2n) is 9.16. The maximum atomic E-state index is 6.09. The summed E-state index contributed by atoms with van der Waals surface area (Å²) < 4.78 is 14.4. The van der Waals surface area contributed by atoms with Crippen molar-refractivity contribution in [2.24, 2.45) is 0 Å². The average molecular weight is 487 g/mol. The first kappa shape index (κ1) is 24.2. The third-order valence-corrected chi connectivity index (χ3v) is 22.3. The Bertz CT molecular complexity index is 463. The van der Waals surface area contributed by atoms with Crippen LogP contribution in [0.25, 0.3) is 0 Å². The molecule has 1 aromatic heterocycles. The van der Waals surface area contributed by atoms with Gasteiger partial charge in [-0.05, 0) is 0 Å². The Morgan fingerprint density at radius 3 is 1.96 bits per heavy atom. The van der Waals surface area contributed by atoms with E-state index in [2.05, 4.69) is 51.2 Å².